The van der Waals surface area contributed by atoms with Gasteiger partial charge in [0.15, 0.2) is 0 Å². The van der Waals surface area contributed by atoms with Crippen LogP contribution >= 0.6 is 12.4 Å². The molecule has 0 radical (unpaired) electrons. The molecule has 2 atom stereocenters. The monoisotopic (exact) mass is 199 g/mol. The third-order valence-corrected chi connectivity index (χ3v) is 2.38. The summed E-state index contributed by atoms with van der Waals surface area (Å²) >= 11 is 0. The SMILES string of the molecule is COc1ccccc1[C@@H]1C[C@H]1N.Cl. The van der Waals surface area contributed by atoms with Crippen molar-refractivity contribution in [3.05, 3.63) is 29.8 Å². The van der Waals surface area contributed by atoms with E-state index >= 15 is 0 Å². The van der Waals surface area contributed by atoms with Gasteiger partial charge in [0.05, 0.1) is 7.11 Å². The quantitative estimate of drug-likeness (QED) is 0.790. The van der Waals surface area contributed by atoms with Crippen molar-refractivity contribution in [1.82, 2.24) is 0 Å². The molecule has 3 heteroatoms. The number of nitrogens with two attached hydrogens (primary N) is 1. The summed E-state index contributed by atoms with van der Waals surface area (Å²) in [6, 6.07) is 8.44. The highest BCUT2D eigenvalue weighted by Crippen LogP contribution is 2.42. The molecule has 1 aliphatic carbocycles. The third kappa shape index (κ3) is 1.95. The molecule has 1 aromatic rings. The molecule has 0 aromatic heterocycles. The maximum absolute atomic E-state index is 5.77. The summed E-state index contributed by atoms with van der Waals surface area (Å²) in [7, 11) is 1.70. The third-order valence-electron chi connectivity index (χ3n) is 2.38. The van der Waals surface area contributed by atoms with Gasteiger partial charge < -0.3 is 10.5 Å². The molecule has 2 N–H and O–H groups in total. The van der Waals surface area contributed by atoms with Crippen LogP contribution in [0.5, 0.6) is 5.75 Å². The molecular formula is C10H14ClNO. The van der Waals surface area contributed by atoms with Crippen molar-refractivity contribution < 1.29 is 4.74 Å². The van der Waals surface area contributed by atoms with E-state index < -0.39 is 0 Å². The van der Waals surface area contributed by atoms with Crippen molar-refractivity contribution in [3.63, 3.8) is 0 Å². The zero-order chi connectivity index (χ0) is 8.55. The van der Waals surface area contributed by atoms with Crippen LogP contribution in [-0.2, 0) is 0 Å². The average Bonchev–Trinajstić information content (AvgIpc) is 2.83. The second kappa shape index (κ2) is 3.99. The predicted molar refractivity (Wildman–Crippen MR) is 55.6 cm³/mol. The Kier molecular flexibility index (Phi) is 3.17. The second-order valence-electron chi connectivity index (χ2n) is 3.25. The van der Waals surface area contributed by atoms with Crippen LogP contribution in [0.25, 0.3) is 0 Å². The zero-order valence-corrected chi connectivity index (χ0v) is 8.38. The second-order valence-corrected chi connectivity index (χ2v) is 3.25. The van der Waals surface area contributed by atoms with Gasteiger partial charge >= 0.3 is 0 Å². The van der Waals surface area contributed by atoms with E-state index in [1.54, 1.807) is 7.11 Å². The van der Waals surface area contributed by atoms with Crippen LogP contribution in [0.1, 0.15) is 17.9 Å². The molecule has 13 heavy (non-hydrogen) atoms. The molecular weight excluding hydrogens is 186 g/mol. The van der Waals surface area contributed by atoms with Gasteiger partial charge in [-0.1, -0.05) is 18.2 Å². The molecule has 0 spiro atoms. The van der Waals surface area contributed by atoms with E-state index in [0.29, 0.717) is 12.0 Å². The van der Waals surface area contributed by atoms with Crippen molar-refractivity contribution in [2.24, 2.45) is 5.73 Å². The first-order valence-electron chi connectivity index (χ1n) is 4.21. The fourth-order valence-corrected chi connectivity index (χ4v) is 1.55. The number of para-hydroxylation sites is 1. The van der Waals surface area contributed by atoms with Gasteiger partial charge in [-0.2, -0.15) is 0 Å². The van der Waals surface area contributed by atoms with Crippen LogP contribution in [0.15, 0.2) is 24.3 Å². The van der Waals surface area contributed by atoms with Gasteiger partial charge in [-0.05, 0) is 18.1 Å². The van der Waals surface area contributed by atoms with E-state index in [9.17, 15) is 0 Å². The molecule has 0 aliphatic heterocycles. The van der Waals surface area contributed by atoms with Crippen LogP contribution in [0, 0.1) is 0 Å². The standard InChI is InChI=1S/C10H13NO.ClH/c1-12-10-5-3-2-4-7(10)8-6-9(8)11;/h2-5,8-9H,6,11H2,1H3;1H/t8-,9+;/m0./s1. The van der Waals surface area contributed by atoms with Gasteiger partial charge in [-0.15, -0.1) is 12.4 Å². The lowest BCUT2D eigenvalue weighted by molar-refractivity contribution is 0.409. The number of hydrogen-bond acceptors (Lipinski definition) is 2. The van der Waals surface area contributed by atoms with E-state index in [2.05, 4.69) is 6.07 Å². The average molecular weight is 200 g/mol. The van der Waals surface area contributed by atoms with Crippen molar-refractivity contribution in [2.45, 2.75) is 18.4 Å². The maximum atomic E-state index is 5.77. The van der Waals surface area contributed by atoms with Gasteiger partial charge in [0, 0.05) is 12.0 Å². The van der Waals surface area contributed by atoms with E-state index in [1.807, 2.05) is 18.2 Å². The normalized spacial score (nSPS) is 24.8. The van der Waals surface area contributed by atoms with Gasteiger partial charge in [0.25, 0.3) is 0 Å². The fourth-order valence-electron chi connectivity index (χ4n) is 1.55. The van der Waals surface area contributed by atoms with Crippen LogP contribution in [-0.4, -0.2) is 13.2 Å². The first-order valence-corrected chi connectivity index (χ1v) is 4.21. The molecule has 2 rings (SSSR count). The Morgan fingerprint density at radius 2 is 2.00 bits per heavy atom. The molecule has 0 amide bonds. The Bertz CT molecular complexity index is 290. The smallest absolute Gasteiger partial charge is 0.122 e. The Morgan fingerprint density at radius 1 is 1.38 bits per heavy atom. The lowest BCUT2D eigenvalue weighted by atomic mass is 10.1. The van der Waals surface area contributed by atoms with Gasteiger partial charge in [-0.3, -0.25) is 0 Å². The van der Waals surface area contributed by atoms with Crippen molar-refractivity contribution in [1.29, 1.82) is 0 Å². The molecule has 0 bridgehead atoms. The lowest BCUT2D eigenvalue weighted by Gasteiger charge is -2.05. The summed E-state index contributed by atoms with van der Waals surface area (Å²) in [4.78, 5) is 0. The summed E-state index contributed by atoms with van der Waals surface area (Å²) in [5, 5.41) is 0. The molecule has 0 unspecified atom stereocenters. The first-order chi connectivity index (χ1) is 5.83. The number of rotatable bonds is 2. The molecule has 1 aromatic carbocycles. The Balaban J connectivity index is 0.000000845. The van der Waals surface area contributed by atoms with E-state index in [-0.39, 0.29) is 12.4 Å². The number of halogens is 1. The summed E-state index contributed by atoms with van der Waals surface area (Å²) in [6.07, 6.45) is 1.10. The van der Waals surface area contributed by atoms with E-state index in [1.165, 1.54) is 5.56 Å². The van der Waals surface area contributed by atoms with Crippen LogP contribution < -0.4 is 10.5 Å². The molecule has 0 saturated heterocycles. The number of ether oxygens (including phenoxy) is 1. The summed E-state index contributed by atoms with van der Waals surface area (Å²) < 4.78 is 5.24. The first kappa shape index (κ1) is 10.4. The van der Waals surface area contributed by atoms with E-state index in [4.69, 9.17) is 10.5 Å². The number of benzene rings is 1. The van der Waals surface area contributed by atoms with Crippen LogP contribution in [0.2, 0.25) is 0 Å². The number of methoxy groups -OCH3 is 1. The zero-order valence-electron chi connectivity index (χ0n) is 7.57. The lowest BCUT2D eigenvalue weighted by Crippen LogP contribution is -2.01. The Labute approximate surface area is 84.5 Å². The topological polar surface area (TPSA) is 35.2 Å². The number of hydrogen-bond donors (Lipinski definition) is 1. The highest BCUT2D eigenvalue weighted by Gasteiger charge is 2.36. The molecule has 2 nitrogen and oxygen atoms in total. The minimum atomic E-state index is 0. The summed E-state index contributed by atoms with van der Waals surface area (Å²) in [6.45, 7) is 0. The minimum Gasteiger partial charge on any atom is -0.496 e. The highest BCUT2D eigenvalue weighted by molar-refractivity contribution is 5.85. The predicted octanol–water partition coefficient (Wildman–Crippen LogP) is 1.93. The fraction of sp³-hybridized carbons (Fsp3) is 0.400. The molecule has 1 aliphatic rings. The molecule has 72 valence electrons. The maximum Gasteiger partial charge on any atom is 0.122 e. The Hall–Kier alpha value is -0.730. The van der Waals surface area contributed by atoms with Crippen molar-refractivity contribution in [2.75, 3.05) is 7.11 Å². The molecule has 1 fully saturated rings. The highest BCUT2D eigenvalue weighted by atomic mass is 35.5. The van der Waals surface area contributed by atoms with Crippen LogP contribution in [0.3, 0.4) is 0 Å². The molecule has 0 heterocycles. The Morgan fingerprint density at radius 3 is 2.54 bits per heavy atom. The summed E-state index contributed by atoms with van der Waals surface area (Å²) in [5.41, 5.74) is 7.02. The van der Waals surface area contributed by atoms with Crippen molar-refractivity contribution >= 4 is 12.4 Å². The van der Waals surface area contributed by atoms with Gasteiger partial charge in [0.2, 0.25) is 0 Å². The minimum absolute atomic E-state index is 0. The van der Waals surface area contributed by atoms with E-state index in [0.717, 1.165) is 12.2 Å². The summed E-state index contributed by atoms with van der Waals surface area (Å²) in [5.74, 6) is 1.50. The van der Waals surface area contributed by atoms with Crippen molar-refractivity contribution in [3.8, 4) is 5.75 Å². The largest absolute Gasteiger partial charge is 0.496 e. The van der Waals surface area contributed by atoms with Crippen LogP contribution in [0.4, 0.5) is 0 Å². The van der Waals surface area contributed by atoms with Gasteiger partial charge in [0.1, 0.15) is 5.75 Å². The van der Waals surface area contributed by atoms with Gasteiger partial charge in [-0.25, -0.2) is 0 Å². The molecule has 1 saturated carbocycles.